The summed E-state index contributed by atoms with van der Waals surface area (Å²) >= 11 is 0. The number of hydrogen-bond acceptors (Lipinski definition) is 3. The molecular weight excluding hydrogens is 300 g/mol. The molecule has 132 valence electrons. The van der Waals surface area contributed by atoms with E-state index in [4.69, 9.17) is 9.47 Å². The SMILES string of the molecule is C/C=C/C(=O)O[C@@H]1C[C@H](C)CC[C@H]1C(C)(C)c1cccc(OC)c1. The van der Waals surface area contributed by atoms with Crippen molar-refractivity contribution in [2.75, 3.05) is 7.11 Å². The molecule has 3 nitrogen and oxygen atoms in total. The van der Waals surface area contributed by atoms with Gasteiger partial charge in [0.15, 0.2) is 0 Å². The quantitative estimate of drug-likeness (QED) is 0.569. The van der Waals surface area contributed by atoms with E-state index in [0.29, 0.717) is 11.8 Å². The molecule has 1 aromatic carbocycles. The van der Waals surface area contributed by atoms with Crippen LogP contribution in [-0.4, -0.2) is 19.2 Å². The van der Waals surface area contributed by atoms with Gasteiger partial charge in [0.2, 0.25) is 0 Å². The molecule has 0 saturated heterocycles. The van der Waals surface area contributed by atoms with Gasteiger partial charge >= 0.3 is 5.97 Å². The first kappa shape index (κ1) is 18.6. The minimum atomic E-state index is -0.233. The lowest BCUT2D eigenvalue weighted by Gasteiger charge is -2.43. The number of carbonyl (C=O) groups excluding carboxylic acids is 1. The third-order valence-corrected chi connectivity index (χ3v) is 5.36. The molecule has 2 rings (SSSR count). The van der Waals surface area contributed by atoms with Crippen molar-refractivity contribution in [1.82, 2.24) is 0 Å². The van der Waals surface area contributed by atoms with Crippen LogP contribution in [0.15, 0.2) is 36.4 Å². The van der Waals surface area contributed by atoms with Crippen LogP contribution >= 0.6 is 0 Å². The van der Waals surface area contributed by atoms with Gasteiger partial charge in [-0.05, 0) is 48.8 Å². The van der Waals surface area contributed by atoms with Crippen LogP contribution in [-0.2, 0) is 14.9 Å². The maximum Gasteiger partial charge on any atom is 0.330 e. The molecule has 0 aliphatic heterocycles. The van der Waals surface area contributed by atoms with Crippen LogP contribution in [0.1, 0.15) is 52.5 Å². The van der Waals surface area contributed by atoms with E-state index in [9.17, 15) is 4.79 Å². The number of carbonyl (C=O) groups is 1. The van der Waals surface area contributed by atoms with Gasteiger partial charge in [0.05, 0.1) is 7.11 Å². The molecule has 1 aromatic rings. The molecule has 0 bridgehead atoms. The van der Waals surface area contributed by atoms with Crippen LogP contribution < -0.4 is 4.74 Å². The molecule has 0 amide bonds. The molecule has 1 aliphatic rings. The van der Waals surface area contributed by atoms with Crippen molar-refractivity contribution in [1.29, 1.82) is 0 Å². The number of rotatable bonds is 5. The minimum absolute atomic E-state index is 0.0429. The van der Waals surface area contributed by atoms with E-state index in [-0.39, 0.29) is 17.5 Å². The van der Waals surface area contributed by atoms with Crippen molar-refractivity contribution in [3.05, 3.63) is 42.0 Å². The summed E-state index contributed by atoms with van der Waals surface area (Å²) in [5.74, 6) is 1.52. The van der Waals surface area contributed by atoms with Gasteiger partial charge in [0.25, 0.3) is 0 Å². The summed E-state index contributed by atoms with van der Waals surface area (Å²) in [7, 11) is 1.69. The Kier molecular flexibility index (Phi) is 6.09. The Bertz CT molecular complexity index is 589. The van der Waals surface area contributed by atoms with Gasteiger partial charge in [-0.25, -0.2) is 4.79 Å². The fourth-order valence-electron chi connectivity index (χ4n) is 3.85. The highest BCUT2D eigenvalue weighted by atomic mass is 16.5. The zero-order valence-corrected chi connectivity index (χ0v) is 15.5. The van der Waals surface area contributed by atoms with E-state index >= 15 is 0 Å². The van der Waals surface area contributed by atoms with E-state index in [2.05, 4.69) is 32.9 Å². The number of methoxy groups -OCH3 is 1. The van der Waals surface area contributed by atoms with Gasteiger partial charge in [-0.3, -0.25) is 0 Å². The second-order valence-corrected chi connectivity index (χ2v) is 7.45. The van der Waals surface area contributed by atoms with Crippen molar-refractivity contribution in [2.24, 2.45) is 11.8 Å². The fraction of sp³-hybridized carbons (Fsp3) is 0.571. The average Bonchev–Trinajstić information content (AvgIpc) is 2.55. The molecule has 1 aliphatic carbocycles. The summed E-state index contributed by atoms with van der Waals surface area (Å²) < 4.78 is 11.2. The zero-order valence-electron chi connectivity index (χ0n) is 15.5. The number of esters is 1. The smallest absolute Gasteiger partial charge is 0.330 e. The van der Waals surface area contributed by atoms with Crippen LogP contribution in [0, 0.1) is 11.8 Å². The van der Waals surface area contributed by atoms with Gasteiger partial charge in [0.1, 0.15) is 11.9 Å². The second kappa shape index (κ2) is 7.87. The molecule has 24 heavy (non-hydrogen) atoms. The number of hydrogen-bond donors (Lipinski definition) is 0. The third kappa shape index (κ3) is 4.19. The molecule has 0 heterocycles. The van der Waals surface area contributed by atoms with Gasteiger partial charge < -0.3 is 9.47 Å². The molecule has 0 radical (unpaired) electrons. The Balaban J connectivity index is 2.28. The van der Waals surface area contributed by atoms with Crippen LogP contribution in [0.25, 0.3) is 0 Å². The number of benzene rings is 1. The molecule has 1 saturated carbocycles. The van der Waals surface area contributed by atoms with Crippen molar-refractivity contribution >= 4 is 5.97 Å². The first-order valence-corrected chi connectivity index (χ1v) is 8.86. The minimum Gasteiger partial charge on any atom is -0.497 e. The average molecular weight is 330 g/mol. The van der Waals surface area contributed by atoms with Gasteiger partial charge in [-0.2, -0.15) is 0 Å². The Morgan fingerprint density at radius 2 is 2.04 bits per heavy atom. The zero-order chi connectivity index (χ0) is 17.7. The van der Waals surface area contributed by atoms with Crippen LogP contribution in [0.4, 0.5) is 0 Å². The predicted octanol–water partition coefficient (Wildman–Crippen LogP) is 4.90. The predicted molar refractivity (Wildman–Crippen MR) is 97.2 cm³/mol. The Morgan fingerprint density at radius 1 is 1.29 bits per heavy atom. The summed E-state index contributed by atoms with van der Waals surface area (Å²) in [6.45, 7) is 8.57. The molecule has 3 atom stereocenters. The highest BCUT2D eigenvalue weighted by molar-refractivity contribution is 5.82. The first-order chi connectivity index (χ1) is 11.4. The summed E-state index contributed by atoms with van der Waals surface area (Å²) in [6.07, 6.45) is 6.38. The Morgan fingerprint density at radius 3 is 2.71 bits per heavy atom. The highest BCUT2D eigenvalue weighted by Gasteiger charge is 2.41. The summed E-state index contributed by atoms with van der Waals surface area (Å²) in [4.78, 5) is 12.0. The summed E-state index contributed by atoms with van der Waals surface area (Å²) in [5.41, 5.74) is 1.14. The van der Waals surface area contributed by atoms with Crippen LogP contribution in [0.3, 0.4) is 0 Å². The van der Waals surface area contributed by atoms with Gasteiger partial charge in [-0.1, -0.05) is 45.4 Å². The highest BCUT2D eigenvalue weighted by Crippen LogP contribution is 2.44. The molecule has 3 heteroatoms. The largest absolute Gasteiger partial charge is 0.497 e. The van der Waals surface area contributed by atoms with Crippen molar-refractivity contribution < 1.29 is 14.3 Å². The molecule has 0 spiro atoms. The van der Waals surface area contributed by atoms with E-state index < -0.39 is 0 Å². The molecule has 0 aromatic heterocycles. The maximum atomic E-state index is 12.0. The van der Waals surface area contributed by atoms with E-state index in [1.807, 2.05) is 19.1 Å². The monoisotopic (exact) mass is 330 g/mol. The van der Waals surface area contributed by atoms with Crippen molar-refractivity contribution in [3.8, 4) is 5.75 Å². The fourth-order valence-corrected chi connectivity index (χ4v) is 3.85. The normalized spacial score (nSPS) is 24.8. The first-order valence-electron chi connectivity index (χ1n) is 8.86. The van der Waals surface area contributed by atoms with Crippen molar-refractivity contribution in [3.63, 3.8) is 0 Å². The third-order valence-electron chi connectivity index (χ3n) is 5.36. The van der Waals surface area contributed by atoms with Gasteiger partial charge in [-0.15, -0.1) is 0 Å². The lowest BCUT2D eigenvalue weighted by Crippen LogP contribution is -2.43. The Labute approximate surface area is 146 Å². The molecular formula is C21H30O3. The van der Waals surface area contributed by atoms with Crippen LogP contribution in [0.2, 0.25) is 0 Å². The van der Waals surface area contributed by atoms with E-state index in [1.54, 1.807) is 13.2 Å². The lowest BCUT2D eigenvalue weighted by molar-refractivity contribution is -0.150. The van der Waals surface area contributed by atoms with Crippen molar-refractivity contribution in [2.45, 2.75) is 58.5 Å². The molecule has 0 N–H and O–H groups in total. The van der Waals surface area contributed by atoms with Crippen LogP contribution in [0.5, 0.6) is 5.75 Å². The number of allylic oxidation sites excluding steroid dienone is 1. The van der Waals surface area contributed by atoms with E-state index in [0.717, 1.165) is 18.6 Å². The number of ether oxygens (including phenoxy) is 2. The van der Waals surface area contributed by atoms with E-state index in [1.165, 1.54) is 18.1 Å². The summed E-state index contributed by atoms with van der Waals surface area (Å²) in [6, 6.07) is 8.24. The topological polar surface area (TPSA) is 35.5 Å². The van der Waals surface area contributed by atoms with Gasteiger partial charge in [0, 0.05) is 12.0 Å². The maximum absolute atomic E-state index is 12.0. The summed E-state index contributed by atoms with van der Waals surface area (Å²) in [5, 5.41) is 0. The lowest BCUT2D eigenvalue weighted by atomic mass is 9.64. The standard InChI is InChI=1S/C21H30O3/c1-6-8-20(22)24-19-13-15(2)11-12-18(19)21(3,4)16-9-7-10-17(14-16)23-5/h6-10,14-15,18-19H,11-13H2,1-5H3/b8-6+/t15-,18-,19-/m1/s1. The molecule has 1 fully saturated rings. The Hall–Kier alpha value is -1.77. The second-order valence-electron chi connectivity index (χ2n) is 7.45. The molecule has 0 unspecified atom stereocenters.